The Balaban J connectivity index is 2.11. The third-order valence-corrected chi connectivity index (χ3v) is 4.14. The van der Waals surface area contributed by atoms with Gasteiger partial charge in [0.2, 0.25) is 0 Å². The maximum atomic E-state index is 6.03. The van der Waals surface area contributed by atoms with Gasteiger partial charge in [0.25, 0.3) is 0 Å². The summed E-state index contributed by atoms with van der Waals surface area (Å²) in [6.45, 7) is 0. The van der Waals surface area contributed by atoms with Gasteiger partial charge in [0, 0.05) is 4.47 Å². The van der Waals surface area contributed by atoms with E-state index in [4.69, 9.17) is 5.73 Å². The molecule has 90 valence electrons. The molecule has 0 atom stereocenters. The summed E-state index contributed by atoms with van der Waals surface area (Å²) in [6.07, 6.45) is 1.84. The van der Waals surface area contributed by atoms with Crippen LogP contribution in [0.2, 0.25) is 0 Å². The van der Waals surface area contributed by atoms with E-state index in [2.05, 4.69) is 21.0 Å². The number of anilines is 1. The van der Waals surface area contributed by atoms with Gasteiger partial charge in [-0.3, -0.25) is 0 Å². The maximum absolute atomic E-state index is 6.03. The fraction of sp³-hybridized carbons (Fsp3) is 0. The Bertz CT molecular complexity index is 673. The predicted molar refractivity (Wildman–Crippen MR) is 79.0 cm³/mol. The van der Waals surface area contributed by atoms with Crippen molar-refractivity contribution in [2.45, 2.75) is 0 Å². The van der Waals surface area contributed by atoms with E-state index in [0.29, 0.717) is 5.69 Å². The van der Waals surface area contributed by atoms with Crippen LogP contribution in [-0.4, -0.2) is 9.78 Å². The number of rotatable bonds is 2. The topological polar surface area (TPSA) is 43.8 Å². The molecule has 2 heterocycles. The lowest BCUT2D eigenvalue weighted by molar-refractivity contribution is 0.881. The van der Waals surface area contributed by atoms with E-state index in [-0.39, 0.29) is 0 Å². The van der Waals surface area contributed by atoms with Gasteiger partial charge in [0.05, 0.1) is 22.4 Å². The van der Waals surface area contributed by atoms with Gasteiger partial charge in [-0.05, 0) is 39.5 Å². The van der Waals surface area contributed by atoms with Crippen LogP contribution in [0.5, 0.6) is 0 Å². The quantitative estimate of drug-likeness (QED) is 0.777. The minimum absolute atomic E-state index is 0.688. The second kappa shape index (κ2) is 4.59. The van der Waals surface area contributed by atoms with E-state index in [1.165, 1.54) is 0 Å². The molecule has 2 N–H and O–H groups in total. The van der Waals surface area contributed by atoms with Crippen molar-refractivity contribution in [2.75, 3.05) is 5.73 Å². The van der Waals surface area contributed by atoms with Gasteiger partial charge in [-0.2, -0.15) is 5.10 Å². The SMILES string of the molecule is Nc1cn(-c2ccccc2Br)nc1-c1cccs1. The fourth-order valence-electron chi connectivity index (χ4n) is 1.75. The van der Waals surface area contributed by atoms with Crippen molar-refractivity contribution in [1.82, 2.24) is 9.78 Å². The first kappa shape index (κ1) is 11.5. The fourth-order valence-corrected chi connectivity index (χ4v) is 2.95. The second-order valence-corrected chi connectivity index (χ2v) is 5.61. The normalized spacial score (nSPS) is 10.7. The van der Waals surface area contributed by atoms with E-state index in [1.54, 1.807) is 16.0 Å². The maximum Gasteiger partial charge on any atom is 0.126 e. The third kappa shape index (κ3) is 1.95. The number of thiophene rings is 1. The average molecular weight is 320 g/mol. The molecular weight excluding hydrogens is 310 g/mol. The molecule has 1 aromatic carbocycles. The Labute approximate surface area is 117 Å². The molecule has 0 aliphatic heterocycles. The Morgan fingerprint density at radius 3 is 2.72 bits per heavy atom. The molecule has 0 spiro atoms. The van der Waals surface area contributed by atoms with Crippen molar-refractivity contribution in [2.24, 2.45) is 0 Å². The van der Waals surface area contributed by atoms with Gasteiger partial charge in [-0.25, -0.2) is 4.68 Å². The number of aromatic nitrogens is 2. The zero-order chi connectivity index (χ0) is 12.5. The van der Waals surface area contributed by atoms with Crippen LogP contribution in [0, 0.1) is 0 Å². The molecule has 0 saturated heterocycles. The average Bonchev–Trinajstić information content (AvgIpc) is 2.98. The number of halogens is 1. The van der Waals surface area contributed by atoms with Crippen LogP contribution in [0.3, 0.4) is 0 Å². The molecule has 18 heavy (non-hydrogen) atoms. The Kier molecular flexibility index (Phi) is 2.93. The van der Waals surface area contributed by atoms with E-state index >= 15 is 0 Å². The zero-order valence-corrected chi connectivity index (χ0v) is 11.8. The molecule has 2 aromatic heterocycles. The standard InChI is InChI=1S/C13H10BrN3S/c14-9-4-1-2-5-11(9)17-8-10(15)13(16-17)12-6-3-7-18-12/h1-8H,15H2. The molecule has 0 aliphatic carbocycles. The summed E-state index contributed by atoms with van der Waals surface area (Å²) in [6, 6.07) is 11.9. The molecule has 0 unspecified atom stereocenters. The number of nitrogen functional groups attached to an aromatic ring is 1. The van der Waals surface area contributed by atoms with Crippen molar-refractivity contribution >= 4 is 33.0 Å². The second-order valence-electron chi connectivity index (χ2n) is 3.81. The molecule has 0 bridgehead atoms. The molecule has 0 aliphatic rings. The Morgan fingerprint density at radius 2 is 2.00 bits per heavy atom. The summed E-state index contributed by atoms with van der Waals surface area (Å²) >= 11 is 5.15. The lowest BCUT2D eigenvalue weighted by Gasteiger charge is -2.02. The predicted octanol–water partition coefficient (Wildman–Crippen LogP) is 3.95. The highest BCUT2D eigenvalue weighted by Crippen LogP contribution is 2.30. The Morgan fingerprint density at radius 1 is 1.17 bits per heavy atom. The number of benzene rings is 1. The molecule has 3 rings (SSSR count). The van der Waals surface area contributed by atoms with Crippen LogP contribution in [0.4, 0.5) is 5.69 Å². The summed E-state index contributed by atoms with van der Waals surface area (Å²) < 4.78 is 2.79. The third-order valence-electron chi connectivity index (χ3n) is 2.60. The van der Waals surface area contributed by atoms with Crippen LogP contribution < -0.4 is 5.73 Å². The zero-order valence-electron chi connectivity index (χ0n) is 9.38. The minimum Gasteiger partial charge on any atom is -0.396 e. The van der Waals surface area contributed by atoms with E-state index in [1.807, 2.05) is 48.0 Å². The monoisotopic (exact) mass is 319 g/mol. The van der Waals surface area contributed by atoms with Gasteiger partial charge in [-0.15, -0.1) is 11.3 Å². The molecule has 0 fully saturated rings. The highest BCUT2D eigenvalue weighted by Gasteiger charge is 2.11. The van der Waals surface area contributed by atoms with Gasteiger partial charge in [0.15, 0.2) is 0 Å². The summed E-state index contributed by atoms with van der Waals surface area (Å²) in [7, 11) is 0. The van der Waals surface area contributed by atoms with Crippen LogP contribution in [-0.2, 0) is 0 Å². The first-order valence-corrected chi connectivity index (χ1v) is 7.07. The van der Waals surface area contributed by atoms with Gasteiger partial charge >= 0.3 is 0 Å². The first-order chi connectivity index (χ1) is 8.75. The number of hydrogen-bond acceptors (Lipinski definition) is 3. The lowest BCUT2D eigenvalue weighted by Crippen LogP contribution is -1.95. The molecule has 5 heteroatoms. The van der Waals surface area contributed by atoms with Crippen molar-refractivity contribution in [3.05, 3.63) is 52.4 Å². The summed E-state index contributed by atoms with van der Waals surface area (Å²) in [5.74, 6) is 0. The summed E-state index contributed by atoms with van der Waals surface area (Å²) in [5.41, 5.74) is 8.53. The number of nitrogens with two attached hydrogens (primary N) is 1. The van der Waals surface area contributed by atoms with Gasteiger partial charge in [-0.1, -0.05) is 18.2 Å². The highest BCUT2D eigenvalue weighted by molar-refractivity contribution is 9.10. The van der Waals surface area contributed by atoms with Crippen LogP contribution in [0.1, 0.15) is 0 Å². The number of hydrogen-bond donors (Lipinski definition) is 1. The van der Waals surface area contributed by atoms with Crippen LogP contribution >= 0.6 is 27.3 Å². The van der Waals surface area contributed by atoms with Crippen LogP contribution in [0.25, 0.3) is 16.3 Å². The molecule has 3 nitrogen and oxygen atoms in total. The number of nitrogens with zero attached hydrogens (tertiary/aromatic N) is 2. The van der Waals surface area contributed by atoms with Crippen LogP contribution in [0.15, 0.2) is 52.4 Å². The number of para-hydroxylation sites is 1. The lowest BCUT2D eigenvalue weighted by atomic mass is 10.3. The van der Waals surface area contributed by atoms with Gasteiger partial charge in [0.1, 0.15) is 5.69 Å². The summed E-state index contributed by atoms with van der Waals surface area (Å²) in [4.78, 5) is 1.08. The largest absolute Gasteiger partial charge is 0.396 e. The van der Waals surface area contributed by atoms with Crippen molar-refractivity contribution in [3.63, 3.8) is 0 Å². The molecule has 0 radical (unpaired) electrons. The first-order valence-electron chi connectivity index (χ1n) is 5.39. The molecule has 0 amide bonds. The molecule has 3 aromatic rings. The minimum atomic E-state index is 0.688. The smallest absolute Gasteiger partial charge is 0.126 e. The van der Waals surface area contributed by atoms with E-state index in [0.717, 1.165) is 20.7 Å². The molecular formula is C13H10BrN3S. The van der Waals surface area contributed by atoms with E-state index in [9.17, 15) is 0 Å². The Hall–Kier alpha value is -1.59. The van der Waals surface area contributed by atoms with Crippen molar-refractivity contribution in [3.8, 4) is 16.3 Å². The van der Waals surface area contributed by atoms with Crippen molar-refractivity contribution < 1.29 is 0 Å². The molecule has 0 saturated carbocycles. The van der Waals surface area contributed by atoms with Crippen molar-refractivity contribution in [1.29, 1.82) is 0 Å². The highest BCUT2D eigenvalue weighted by atomic mass is 79.9. The van der Waals surface area contributed by atoms with E-state index < -0.39 is 0 Å². The summed E-state index contributed by atoms with van der Waals surface area (Å²) in [5, 5.41) is 6.58. The van der Waals surface area contributed by atoms with Gasteiger partial charge < -0.3 is 5.73 Å².